The highest BCUT2D eigenvalue weighted by atomic mass is 35.5. The second-order valence-corrected chi connectivity index (χ2v) is 12.8. The van der Waals surface area contributed by atoms with Crippen LogP contribution in [-0.4, -0.2) is 41.2 Å². The highest BCUT2D eigenvalue weighted by Gasteiger charge is 2.32. The fraction of sp³-hybridized carbons (Fsp3) is 0.242. The van der Waals surface area contributed by atoms with Crippen molar-refractivity contribution in [2.24, 2.45) is 0 Å². The zero-order valence-corrected chi connectivity index (χ0v) is 26.0. The van der Waals surface area contributed by atoms with Gasteiger partial charge >= 0.3 is 5.97 Å². The summed E-state index contributed by atoms with van der Waals surface area (Å²) in [7, 11) is 0. The van der Waals surface area contributed by atoms with Crippen LogP contribution < -0.4 is 0 Å². The highest BCUT2D eigenvalue weighted by Crippen LogP contribution is 2.44. The molecular formula is C33H30ClN5O3S. The molecule has 10 heteroatoms. The molecule has 4 heterocycles. The van der Waals surface area contributed by atoms with Gasteiger partial charge in [0.05, 0.1) is 27.7 Å². The van der Waals surface area contributed by atoms with Crippen molar-refractivity contribution in [2.45, 2.75) is 52.7 Å². The van der Waals surface area contributed by atoms with Crippen molar-refractivity contribution in [3.8, 4) is 33.0 Å². The van der Waals surface area contributed by atoms with E-state index in [9.17, 15) is 9.90 Å². The molecule has 218 valence electrons. The molecule has 0 bridgehead atoms. The number of rotatable bonds is 7. The molecule has 0 fully saturated rings. The van der Waals surface area contributed by atoms with Crippen molar-refractivity contribution >= 4 is 44.8 Å². The van der Waals surface area contributed by atoms with E-state index < -0.39 is 17.7 Å². The van der Waals surface area contributed by atoms with Crippen molar-refractivity contribution in [1.82, 2.24) is 24.6 Å². The van der Waals surface area contributed by atoms with Crippen LogP contribution in [0.15, 0.2) is 67.3 Å². The average Bonchev–Trinajstić information content (AvgIpc) is 3.59. The number of carboxylic acid groups (broad SMARTS) is 1. The first-order valence-electron chi connectivity index (χ1n) is 13.9. The summed E-state index contributed by atoms with van der Waals surface area (Å²) in [4.78, 5) is 26.9. The number of pyridine rings is 1. The fourth-order valence-corrected chi connectivity index (χ4v) is 6.44. The van der Waals surface area contributed by atoms with Gasteiger partial charge in [0.2, 0.25) is 0 Å². The van der Waals surface area contributed by atoms with Gasteiger partial charge in [-0.25, -0.2) is 19.3 Å². The van der Waals surface area contributed by atoms with Crippen LogP contribution in [0.2, 0.25) is 5.02 Å². The van der Waals surface area contributed by atoms with Gasteiger partial charge in [0.25, 0.3) is 0 Å². The molecule has 6 rings (SSSR count). The summed E-state index contributed by atoms with van der Waals surface area (Å²) in [6.45, 7) is 9.55. The monoisotopic (exact) mass is 611 g/mol. The first-order valence-corrected chi connectivity index (χ1v) is 15.1. The van der Waals surface area contributed by atoms with Gasteiger partial charge < -0.3 is 9.84 Å². The van der Waals surface area contributed by atoms with Gasteiger partial charge in [-0.05, 0) is 75.6 Å². The van der Waals surface area contributed by atoms with Crippen LogP contribution in [0.4, 0.5) is 0 Å². The molecule has 1 N–H and O–H groups in total. The molecule has 0 spiro atoms. The smallest absolute Gasteiger partial charge is 0.337 e. The van der Waals surface area contributed by atoms with Crippen LogP contribution in [0, 0.1) is 6.92 Å². The number of aryl methyl sites for hydroxylation is 2. The van der Waals surface area contributed by atoms with Crippen molar-refractivity contribution in [3.63, 3.8) is 0 Å². The number of aliphatic carboxylic acids is 1. The molecule has 6 aromatic rings. The van der Waals surface area contributed by atoms with E-state index in [-0.39, 0.29) is 0 Å². The van der Waals surface area contributed by atoms with Gasteiger partial charge in [0.15, 0.2) is 11.8 Å². The maximum absolute atomic E-state index is 12.6. The summed E-state index contributed by atoms with van der Waals surface area (Å²) in [5.74, 6) is -1.05. The Kier molecular flexibility index (Phi) is 7.50. The largest absolute Gasteiger partial charge is 0.479 e. The summed E-state index contributed by atoms with van der Waals surface area (Å²) >= 11 is 7.74. The van der Waals surface area contributed by atoms with Crippen molar-refractivity contribution in [1.29, 1.82) is 0 Å². The molecule has 1 atom stereocenters. The summed E-state index contributed by atoms with van der Waals surface area (Å²) in [5, 5.41) is 16.2. The number of benzene rings is 2. The lowest BCUT2D eigenvalue weighted by Gasteiger charge is -2.28. The second kappa shape index (κ2) is 11.1. The Morgan fingerprint density at radius 2 is 1.84 bits per heavy atom. The van der Waals surface area contributed by atoms with E-state index in [4.69, 9.17) is 21.3 Å². The molecular weight excluding hydrogens is 582 g/mol. The maximum atomic E-state index is 12.6. The molecule has 0 saturated heterocycles. The number of hydrogen-bond donors (Lipinski definition) is 1. The third kappa shape index (κ3) is 5.63. The molecule has 2 aromatic carbocycles. The van der Waals surface area contributed by atoms with Gasteiger partial charge in [-0.15, -0.1) is 11.3 Å². The molecule has 8 nitrogen and oxygen atoms in total. The minimum absolute atomic E-state index is 0.595. The van der Waals surface area contributed by atoms with E-state index in [2.05, 4.69) is 22.0 Å². The van der Waals surface area contributed by atoms with Gasteiger partial charge in [0.1, 0.15) is 5.01 Å². The van der Waals surface area contributed by atoms with E-state index in [0.29, 0.717) is 10.6 Å². The topological polar surface area (TPSA) is 102 Å². The predicted octanol–water partition coefficient (Wildman–Crippen LogP) is 8.20. The Bertz CT molecular complexity index is 1990. The normalized spacial score (nSPS) is 12.7. The minimum atomic E-state index is -1.17. The zero-order chi connectivity index (χ0) is 30.5. The first-order chi connectivity index (χ1) is 20.5. The second-order valence-electron chi connectivity index (χ2n) is 11.4. The Morgan fingerprint density at radius 1 is 1.07 bits per heavy atom. The van der Waals surface area contributed by atoms with Crippen molar-refractivity contribution < 1.29 is 14.6 Å². The number of fused-ring (bicyclic) bond motifs is 2. The Labute approximate surface area is 258 Å². The van der Waals surface area contributed by atoms with Crippen molar-refractivity contribution in [3.05, 3.63) is 89.0 Å². The molecule has 0 aliphatic rings. The average molecular weight is 612 g/mol. The lowest BCUT2D eigenvalue weighted by Crippen LogP contribution is -2.28. The van der Waals surface area contributed by atoms with Gasteiger partial charge in [-0.3, -0.25) is 4.98 Å². The van der Waals surface area contributed by atoms with Crippen LogP contribution >= 0.6 is 22.9 Å². The SMILES string of the molecule is CCc1cnn2cc(-c3cc(-c4nc5cc(C)c([C@H](OC(C)(C)C)C(=O)O)c(-c6ccc(Cl)cc6)c5s4)ccn3)cnc12. The molecule has 0 amide bonds. The molecule has 0 aliphatic heterocycles. The Morgan fingerprint density at radius 3 is 2.53 bits per heavy atom. The maximum Gasteiger partial charge on any atom is 0.337 e. The quantitative estimate of drug-likeness (QED) is 0.194. The van der Waals surface area contributed by atoms with Crippen LogP contribution in [0.25, 0.3) is 48.8 Å². The number of carboxylic acids is 1. The minimum Gasteiger partial charge on any atom is -0.479 e. The fourth-order valence-electron chi connectivity index (χ4n) is 5.19. The van der Waals surface area contributed by atoms with E-state index in [1.165, 1.54) is 11.3 Å². The predicted molar refractivity (Wildman–Crippen MR) is 171 cm³/mol. The zero-order valence-electron chi connectivity index (χ0n) is 24.4. The number of ether oxygens (including phenoxy) is 1. The summed E-state index contributed by atoms with van der Waals surface area (Å²) in [6, 6.07) is 13.3. The number of carbonyl (C=O) groups is 1. The van der Waals surface area contributed by atoms with Gasteiger partial charge in [-0.2, -0.15) is 5.10 Å². The summed E-state index contributed by atoms with van der Waals surface area (Å²) < 4.78 is 8.78. The van der Waals surface area contributed by atoms with E-state index in [1.807, 2.05) is 76.6 Å². The van der Waals surface area contributed by atoms with Crippen LogP contribution in [0.5, 0.6) is 0 Å². The van der Waals surface area contributed by atoms with Gasteiger partial charge in [-0.1, -0.05) is 30.7 Å². The molecule has 0 radical (unpaired) electrons. The number of aromatic nitrogens is 5. The van der Waals surface area contributed by atoms with Crippen LogP contribution in [0.1, 0.15) is 50.5 Å². The van der Waals surface area contributed by atoms with Crippen LogP contribution in [0.3, 0.4) is 0 Å². The highest BCUT2D eigenvalue weighted by molar-refractivity contribution is 7.22. The number of nitrogens with zero attached hydrogens (tertiary/aromatic N) is 5. The Balaban J connectivity index is 1.51. The summed E-state index contributed by atoms with van der Waals surface area (Å²) in [6.07, 6.45) is 7.03. The van der Waals surface area contributed by atoms with E-state index in [0.717, 1.165) is 66.4 Å². The summed E-state index contributed by atoms with van der Waals surface area (Å²) in [5.41, 5.74) is 7.51. The van der Waals surface area contributed by atoms with Crippen molar-refractivity contribution in [2.75, 3.05) is 0 Å². The number of halogens is 1. The lowest BCUT2D eigenvalue weighted by atomic mass is 9.91. The van der Waals surface area contributed by atoms with Crippen LogP contribution in [-0.2, 0) is 16.0 Å². The van der Waals surface area contributed by atoms with Gasteiger partial charge in [0, 0.05) is 51.4 Å². The van der Waals surface area contributed by atoms with E-state index >= 15 is 0 Å². The molecule has 0 aliphatic carbocycles. The lowest BCUT2D eigenvalue weighted by molar-refractivity contribution is -0.160. The van der Waals surface area contributed by atoms with E-state index in [1.54, 1.807) is 22.8 Å². The first kappa shape index (κ1) is 28.9. The Hall–Kier alpha value is -4.18. The third-order valence-electron chi connectivity index (χ3n) is 7.13. The molecule has 4 aromatic heterocycles. The molecule has 43 heavy (non-hydrogen) atoms. The molecule has 0 saturated carbocycles. The third-order valence-corrected chi connectivity index (χ3v) is 8.52. The molecule has 0 unspecified atom stereocenters. The number of thiazole rings is 1. The standard InChI is InChI=1S/C33H30ClN5O3S/c1-6-19-16-37-39-17-22(15-36-30(19)39)24-14-21(11-12-35-24)31-38-25-13-18(2)26(28(32(40)41)42-33(3,4)5)27(29(25)43-31)20-7-9-23(34)10-8-20/h7-17,28H,6H2,1-5H3,(H,40,41)/t28-/m0/s1. The number of hydrogen-bond acceptors (Lipinski definition) is 7.